The maximum Gasteiger partial charge on any atom is 0.410 e. The lowest BCUT2D eigenvalue weighted by Crippen LogP contribution is -2.50. The summed E-state index contributed by atoms with van der Waals surface area (Å²) in [6.45, 7) is 7.20. The van der Waals surface area contributed by atoms with Gasteiger partial charge in [0.15, 0.2) is 5.65 Å². The normalized spacial score (nSPS) is 18.0. The minimum atomic E-state index is -0.490. The van der Waals surface area contributed by atoms with Crippen LogP contribution in [0.1, 0.15) is 37.6 Å². The number of rotatable bonds is 4. The summed E-state index contributed by atoms with van der Waals surface area (Å²) in [7, 11) is 1.39. The van der Waals surface area contributed by atoms with E-state index in [1.165, 1.54) is 7.11 Å². The third kappa shape index (κ3) is 4.74. The highest BCUT2D eigenvalue weighted by molar-refractivity contribution is 6.09. The van der Waals surface area contributed by atoms with Crippen molar-refractivity contribution in [3.05, 3.63) is 84.8 Å². The molecule has 7 rings (SSSR count). The zero-order valence-electron chi connectivity index (χ0n) is 24.7. The summed E-state index contributed by atoms with van der Waals surface area (Å²) < 4.78 is 12.4. The number of carbonyl (C=O) groups excluding carboxylic acids is 2. The first-order chi connectivity index (χ1) is 20.7. The van der Waals surface area contributed by atoms with E-state index in [1.807, 2.05) is 74.6 Å². The molecule has 0 aliphatic carbocycles. The molecule has 2 bridgehead atoms. The van der Waals surface area contributed by atoms with Crippen molar-refractivity contribution in [3.8, 4) is 22.3 Å². The lowest BCUT2D eigenvalue weighted by molar-refractivity contribution is 0.0214. The highest BCUT2D eigenvalue weighted by Gasteiger charge is 2.46. The molecule has 2 atom stereocenters. The van der Waals surface area contributed by atoms with Gasteiger partial charge in [-0.2, -0.15) is 5.10 Å². The second kappa shape index (κ2) is 10.1. The van der Waals surface area contributed by atoms with Crippen molar-refractivity contribution in [2.45, 2.75) is 44.9 Å². The fourth-order valence-electron chi connectivity index (χ4n) is 6.42. The Labute approximate surface area is 249 Å². The summed E-state index contributed by atoms with van der Waals surface area (Å²) >= 11 is 0. The van der Waals surface area contributed by atoms with Crippen LogP contribution in [0.2, 0.25) is 0 Å². The number of aromatic nitrogens is 3. The smallest absolute Gasteiger partial charge is 0.410 e. The first-order valence-electron chi connectivity index (χ1n) is 14.5. The lowest BCUT2D eigenvalue weighted by atomic mass is 9.97. The van der Waals surface area contributed by atoms with Crippen LogP contribution >= 0.6 is 0 Å². The molecule has 4 heterocycles. The minimum absolute atomic E-state index is 0.175. The summed E-state index contributed by atoms with van der Waals surface area (Å²) in [5, 5.41) is 6.39. The Morgan fingerprint density at radius 3 is 2.35 bits per heavy atom. The van der Waals surface area contributed by atoms with Crippen LogP contribution in [0.4, 0.5) is 10.5 Å². The van der Waals surface area contributed by atoms with Crippen LogP contribution in [-0.4, -0.2) is 69.4 Å². The average Bonchev–Trinajstić information content (AvgIpc) is 3.74. The van der Waals surface area contributed by atoms with E-state index in [0.29, 0.717) is 18.2 Å². The minimum Gasteiger partial charge on any atom is -0.465 e. The third-order valence-corrected chi connectivity index (χ3v) is 8.37. The molecule has 2 aliphatic rings. The third-order valence-electron chi connectivity index (χ3n) is 8.37. The number of hydrogen-bond donors (Lipinski definition) is 0. The number of amides is 1. The van der Waals surface area contributed by atoms with Crippen molar-refractivity contribution in [2.75, 3.05) is 25.1 Å². The van der Waals surface area contributed by atoms with Crippen molar-refractivity contribution in [1.82, 2.24) is 19.5 Å². The SMILES string of the molecule is COC(=O)c1cccc2c(-c3cnn4cc(-c5ccc(N6CC7CC6CN7C(=O)OC(C)(C)C)cc5)cnc34)cccc12. The molecule has 0 radical (unpaired) electrons. The van der Waals surface area contributed by atoms with Gasteiger partial charge in [-0.05, 0) is 67.3 Å². The quantitative estimate of drug-likeness (QED) is 0.236. The van der Waals surface area contributed by atoms with E-state index in [2.05, 4.69) is 34.3 Å². The maximum atomic E-state index is 12.6. The second-order valence-corrected chi connectivity index (χ2v) is 12.2. The van der Waals surface area contributed by atoms with Gasteiger partial charge in [0.1, 0.15) is 5.60 Å². The molecular formula is C34H33N5O4. The molecule has 2 fully saturated rings. The van der Waals surface area contributed by atoms with Gasteiger partial charge in [0.25, 0.3) is 0 Å². The number of methoxy groups -OCH3 is 1. The van der Waals surface area contributed by atoms with Crippen LogP contribution in [0.3, 0.4) is 0 Å². The van der Waals surface area contributed by atoms with E-state index in [9.17, 15) is 9.59 Å². The first kappa shape index (κ1) is 26.9. The Balaban J connectivity index is 1.11. The van der Waals surface area contributed by atoms with Crippen LogP contribution in [0.25, 0.3) is 38.7 Å². The molecule has 43 heavy (non-hydrogen) atoms. The molecule has 9 heteroatoms. The zero-order chi connectivity index (χ0) is 29.9. The van der Waals surface area contributed by atoms with Gasteiger partial charge in [0.05, 0.1) is 24.9 Å². The number of likely N-dealkylation sites (tertiary alicyclic amines) is 1. The molecule has 1 amide bonds. The fourth-order valence-corrected chi connectivity index (χ4v) is 6.42. The molecule has 5 aromatic rings. The highest BCUT2D eigenvalue weighted by Crippen LogP contribution is 2.37. The van der Waals surface area contributed by atoms with Gasteiger partial charge in [-0.1, -0.05) is 42.5 Å². The molecule has 9 nitrogen and oxygen atoms in total. The van der Waals surface area contributed by atoms with Gasteiger partial charge in [0, 0.05) is 48.3 Å². The van der Waals surface area contributed by atoms with Gasteiger partial charge < -0.3 is 19.3 Å². The molecule has 0 spiro atoms. The Morgan fingerprint density at radius 1 is 0.860 bits per heavy atom. The number of carbonyl (C=O) groups is 2. The van der Waals surface area contributed by atoms with E-state index < -0.39 is 5.60 Å². The van der Waals surface area contributed by atoms with Crippen molar-refractivity contribution >= 4 is 34.2 Å². The fraction of sp³-hybridized carbons (Fsp3) is 0.294. The molecular weight excluding hydrogens is 542 g/mol. The van der Waals surface area contributed by atoms with Crippen molar-refractivity contribution in [1.29, 1.82) is 0 Å². The molecule has 0 N–H and O–H groups in total. The number of anilines is 1. The molecule has 2 aliphatic heterocycles. The monoisotopic (exact) mass is 575 g/mol. The summed E-state index contributed by atoms with van der Waals surface area (Å²) in [6, 6.07) is 20.5. The van der Waals surface area contributed by atoms with Gasteiger partial charge in [-0.3, -0.25) is 0 Å². The van der Waals surface area contributed by atoms with Crippen LogP contribution in [-0.2, 0) is 9.47 Å². The van der Waals surface area contributed by atoms with Gasteiger partial charge >= 0.3 is 12.1 Å². The Hall–Kier alpha value is -4.92. The predicted octanol–water partition coefficient (Wildman–Crippen LogP) is 6.20. The highest BCUT2D eigenvalue weighted by atomic mass is 16.6. The van der Waals surface area contributed by atoms with Gasteiger partial charge in [0.2, 0.25) is 0 Å². The van der Waals surface area contributed by atoms with Gasteiger partial charge in [-0.15, -0.1) is 0 Å². The molecule has 2 saturated heterocycles. The Bertz CT molecular complexity index is 1870. The van der Waals surface area contributed by atoms with Crippen molar-refractivity contribution < 1.29 is 19.1 Å². The summed E-state index contributed by atoms with van der Waals surface area (Å²) in [6.07, 6.45) is 6.42. The van der Waals surface area contributed by atoms with E-state index in [4.69, 9.17) is 14.5 Å². The zero-order valence-corrected chi connectivity index (χ0v) is 24.7. The predicted molar refractivity (Wildman–Crippen MR) is 165 cm³/mol. The average molecular weight is 576 g/mol. The maximum absolute atomic E-state index is 12.6. The number of piperazine rings is 1. The van der Waals surface area contributed by atoms with Crippen LogP contribution < -0.4 is 4.90 Å². The van der Waals surface area contributed by atoms with E-state index in [-0.39, 0.29) is 18.1 Å². The van der Waals surface area contributed by atoms with Crippen molar-refractivity contribution in [2.24, 2.45) is 0 Å². The van der Waals surface area contributed by atoms with Crippen LogP contribution in [0.15, 0.2) is 79.3 Å². The number of fused-ring (bicyclic) bond motifs is 4. The van der Waals surface area contributed by atoms with E-state index >= 15 is 0 Å². The number of nitrogens with zero attached hydrogens (tertiary/aromatic N) is 5. The molecule has 2 aromatic heterocycles. The number of benzene rings is 3. The summed E-state index contributed by atoms with van der Waals surface area (Å²) in [4.78, 5) is 34.1. The van der Waals surface area contributed by atoms with Gasteiger partial charge in [-0.25, -0.2) is 19.1 Å². The van der Waals surface area contributed by atoms with E-state index in [1.54, 1.807) is 10.6 Å². The Kier molecular flexibility index (Phi) is 6.34. The molecule has 0 saturated carbocycles. The molecule has 218 valence electrons. The first-order valence-corrected chi connectivity index (χ1v) is 14.5. The summed E-state index contributed by atoms with van der Waals surface area (Å²) in [5.74, 6) is -0.364. The lowest BCUT2D eigenvalue weighted by Gasteiger charge is -2.36. The Morgan fingerprint density at radius 2 is 1.63 bits per heavy atom. The van der Waals surface area contributed by atoms with Crippen molar-refractivity contribution in [3.63, 3.8) is 0 Å². The molecule has 3 aromatic carbocycles. The van der Waals surface area contributed by atoms with Crippen LogP contribution in [0.5, 0.6) is 0 Å². The number of ether oxygens (including phenoxy) is 2. The largest absolute Gasteiger partial charge is 0.465 e. The standard InChI is InChI=1S/C34H33N5O4/c1-34(2,3)43-33(41)38-20-24-15-25(38)19-37(24)23-13-11-21(12-14-23)22-16-35-31-30(17-36-39(31)18-22)28-9-5-8-27-26(28)7-6-10-29(27)32(40)42-4/h5-14,16-18,24-25H,15,19-20H2,1-4H3. The number of esters is 1. The van der Waals surface area contributed by atoms with Crippen LogP contribution in [0, 0.1) is 0 Å². The second-order valence-electron chi connectivity index (χ2n) is 12.2. The number of hydrogen-bond acceptors (Lipinski definition) is 7. The summed E-state index contributed by atoms with van der Waals surface area (Å²) in [5.41, 5.74) is 5.76. The topological polar surface area (TPSA) is 89.3 Å². The van der Waals surface area contributed by atoms with E-state index in [0.717, 1.165) is 57.3 Å². The molecule has 2 unspecified atom stereocenters.